The van der Waals surface area contributed by atoms with Crippen LogP contribution in [0, 0.1) is 5.41 Å². The molecule has 0 aromatic heterocycles. The van der Waals surface area contributed by atoms with Crippen LogP contribution in [0.15, 0.2) is 0 Å². The molecule has 0 aromatic rings. The Morgan fingerprint density at radius 1 is 1.38 bits per heavy atom. The van der Waals surface area contributed by atoms with Gasteiger partial charge in [0.1, 0.15) is 0 Å². The largest absolute Gasteiger partial charge is 0.378 e. The smallest absolute Gasteiger partial charge is 0.224 e. The molecule has 1 unspecified atom stereocenters. The van der Waals surface area contributed by atoms with E-state index in [1.54, 1.807) is 0 Å². The summed E-state index contributed by atoms with van der Waals surface area (Å²) in [5.74, 6) is 0.167. The molecule has 2 N–H and O–H groups in total. The van der Waals surface area contributed by atoms with Gasteiger partial charge < -0.3 is 15.4 Å². The highest BCUT2D eigenvalue weighted by Crippen LogP contribution is 2.21. The van der Waals surface area contributed by atoms with E-state index in [1.807, 2.05) is 4.90 Å². The second-order valence-electron chi connectivity index (χ2n) is 5.72. The molecular formula is C12H24N2O2. The minimum absolute atomic E-state index is 0.0321. The molecule has 94 valence electrons. The molecule has 1 rings (SSSR count). The fourth-order valence-corrected chi connectivity index (χ4v) is 2.02. The maximum atomic E-state index is 11.9. The molecule has 0 aliphatic carbocycles. The van der Waals surface area contributed by atoms with E-state index in [-0.39, 0.29) is 17.4 Å². The van der Waals surface area contributed by atoms with Crippen molar-refractivity contribution >= 4 is 5.91 Å². The third-order valence-corrected chi connectivity index (χ3v) is 2.68. The molecule has 0 aromatic carbocycles. The average Bonchev–Trinajstić information content (AvgIpc) is 2.16. The second kappa shape index (κ2) is 5.64. The standard InChI is InChI=1S/C12H24N2O2/c1-12(2,3)9-10(13)8-11(15)14-4-6-16-7-5-14/h10H,4-9,13H2,1-3H3. The topological polar surface area (TPSA) is 55.6 Å². The van der Waals surface area contributed by atoms with Gasteiger partial charge in [-0.15, -0.1) is 0 Å². The van der Waals surface area contributed by atoms with Gasteiger partial charge in [0.05, 0.1) is 13.2 Å². The first-order chi connectivity index (χ1) is 7.38. The number of morpholine rings is 1. The Morgan fingerprint density at radius 3 is 2.44 bits per heavy atom. The van der Waals surface area contributed by atoms with Gasteiger partial charge in [0.25, 0.3) is 0 Å². The van der Waals surface area contributed by atoms with E-state index in [0.29, 0.717) is 32.7 Å². The molecule has 1 aliphatic rings. The van der Waals surface area contributed by atoms with Crippen LogP contribution in [0.5, 0.6) is 0 Å². The summed E-state index contributed by atoms with van der Waals surface area (Å²) in [5, 5.41) is 0. The predicted octanol–water partition coefficient (Wildman–Crippen LogP) is 0.999. The van der Waals surface area contributed by atoms with Gasteiger partial charge in [0.15, 0.2) is 0 Å². The lowest BCUT2D eigenvalue weighted by molar-refractivity contribution is -0.135. The van der Waals surface area contributed by atoms with Crippen LogP contribution >= 0.6 is 0 Å². The van der Waals surface area contributed by atoms with Crippen LogP contribution in [-0.2, 0) is 9.53 Å². The number of ether oxygens (including phenoxy) is 1. The van der Waals surface area contributed by atoms with Crippen LogP contribution < -0.4 is 5.73 Å². The first-order valence-electron chi connectivity index (χ1n) is 5.99. The Labute approximate surface area is 98.1 Å². The summed E-state index contributed by atoms with van der Waals surface area (Å²) in [7, 11) is 0. The number of amides is 1. The Balaban J connectivity index is 2.32. The van der Waals surface area contributed by atoms with Crippen molar-refractivity contribution in [1.82, 2.24) is 4.90 Å². The highest BCUT2D eigenvalue weighted by Gasteiger charge is 2.22. The minimum atomic E-state index is -0.0321. The van der Waals surface area contributed by atoms with Crippen molar-refractivity contribution in [3.63, 3.8) is 0 Å². The zero-order valence-electron chi connectivity index (χ0n) is 10.7. The lowest BCUT2D eigenvalue weighted by atomic mass is 9.87. The second-order valence-corrected chi connectivity index (χ2v) is 5.72. The summed E-state index contributed by atoms with van der Waals surface area (Å²) in [6.45, 7) is 9.16. The van der Waals surface area contributed by atoms with Gasteiger partial charge >= 0.3 is 0 Å². The summed E-state index contributed by atoms with van der Waals surface area (Å²) in [6, 6.07) is -0.0321. The number of hydrogen-bond acceptors (Lipinski definition) is 3. The molecule has 0 bridgehead atoms. The molecular weight excluding hydrogens is 204 g/mol. The Morgan fingerprint density at radius 2 is 1.94 bits per heavy atom. The van der Waals surface area contributed by atoms with Crippen molar-refractivity contribution < 1.29 is 9.53 Å². The van der Waals surface area contributed by atoms with Crippen LogP contribution in [0.25, 0.3) is 0 Å². The lowest BCUT2D eigenvalue weighted by Gasteiger charge is -2.29. The maximum Gasteiger partial charge on any atom is 0.224 e. The molecule has 1 amide bonds. The first-order valence-corrected chi connectivity index (χ1v) is 5.99. The number of hydrogen-bond donors (Lipinski definition) is 1. The first kappa shape index (κ1) is 13.5. The van der Waals surface area contributed by atoms with Crippen molar-refractivity contribution in [3.05, 3.63) is 0 Å². The van der Waals surface area contributed by atoms with Crippen LogP contribution in [0.3, 0.4) is 0 Å². The quantitative estimate of drug-likeness (QED) is 0.784. The fraction of sp³-hybridized carbons (Fsp3) is 0.917. The molecule has 16 heavy (non-hydrogen) atoms. The van der Waals surface area contributed by atoms with Gasteiger partial charge in [-0.3, -0.25) is 4.79 Å². The van der Waals surface area contributed by atoms with E-state index in [2.05, 4.69) is 20.8 Å². The SMILES string of the molecule is CC(C)(C)CC(N)CC(=O)N1CCOCC1. The predicted molar refractivity (Wildman–Crippen MR) is 64.1 cm³/mol. The van der Waals surface area contributed by atoms with Gasteiger partial charge in [0.2, 0.25) is 5.91 Å². The number of nitrogens with two attached hydrogens (primary N) is 1. The molecule has 0 spiro atoms. The van der Waals surface area contributed by atoms with E-state index >= 15 is 0 Å². The summed E-state index contributed by atoms with van der Waals surface area (Å²) in [5.41, 5.74) is 6.17. The normalized spacial score (nSPS) is 19.6. The zero-order chi connectivity index (χ0) is 12.2. The molecule has 1 saturated heterocycles. The molecule has 4 nitrogen and oxygen atoms in total. The molecule has 0 radical (unpaired) electrons. The maximum absolute atomic E-state index is 11.9. The third kappa shape index (κ3) is 4.94. The third-order valence-electron chi connectivity index (χ3n) is 2.68. The average molecular weight is 228 g/mol. The summed E-state index contributed by atoms with van der Waals surface area (Å²) in [6.07, 6.45) is 1.33. The Kier molecular flexibility index (Phi) is 4.74. The highest BCUT2D eigenvalue weighted by molar-refractivity contribution is 5.76. The Hall–Kier alpha value is -0.610. The van der Waals surface area contributed by atoms with Crippen LogP contribution in [-0.4, -0.2) is 43.2 Å². The van der Waals surface area contributed by atoms with Gasteiger partial charge in [0, 0.05) is 25.6 Å². The van der Waals surface area contributed by atoms with Crippen LogP contribution in [0.2, 0.25) is 0 Å². The van der Waals surface area contributed by atoms with E-state index in [9.17, 15) is 4.79 Å². The number of carbonyl (C=O) groups is 1. The van der Waals surface area contributed by atoms with Crippen molar-refractivity contribution in [2.75, 3.05) is 26.3 Å². The summed E-state index contributed by atoms with van der Waals surface area (Å²) >= 11 is 0. The number of rotatable bonds is 3. The molecule has 1 heterocycles. The van der Waals surface area contributed by atoms with Gasteiger partial charge in [-0.25, -0.2) is 0 Å². The van der Waals surface area contributed by atoms with Crippen LogP contribution in [0.1, 0.15) is 33.6 Å². The van der Waals surface area contributed by atoms with Gasteiger partial charge in [-0.05, 0) is 11.8 Å². The van der Waals surface area contributed by atoms with Crippen molar-refractivity contribution in [1.29, 1.82) is 0 Å². The summed E-state index contributed by atoms with van der Waals surface area (Å²) in [4.78, 5) is 13.7. The molecule has 1 aliphatic heterocycles. The van der Waals surface area contributed by atoms with Crippen molar-refractivity contribution in [2.24, 2.45) is 11.1 Å². The van der Waals surface area contributed by atoms with Gasteiger partial charge in [-0.2, -0.15) is 0 Å². The molecule has 1 atom stereocenters. The lowest BCUT2D eigenvalue weighted by Crippen LogP contribution is -2.43. The monoisotopic (exact) mass is 228 g/mol. The van der Waals surface area contributed by atoms with E-state index < -0.39 is 0 Å². The summed E-state index contributed by atoms with van der Waals surface area (Å²) < 4.78 is 5.21. The van der Waals surface area contributed by atoms with E-state index in [1.165, 1.54) is 0 Å². The molecule has 0 saturated carbocycles. The van der Waals surface area contributed by atoms with E-state index in [0.717, 1.165) is 6.42 Å². The van der Waals surface area contributed by atoms with Crippen LogP contribution in [0.4, 0.5) is 0 Å². The van der Waals surface area contributed by atoms with Crippen molar-refractivity contribution in [2.45, 2.75) is 39.7 Å². The Bertz CT molecular complexity index is 230. The van der Waals surface area contributed by atoms with Gasteiger partial charge in [-0.1, -0.05) is 20.8 Å². The van der Waals surface area contributed by atoms with E-state index in [4.69, 9.17) is 10.5 Å². The fourth-order valence-electron chi connectivity index (χ4n) is 2.02. The zero-order valence-corrected chi connectivity index (χ0v) is 10.7. The number of nitrogens with zero attached hydrogens (tertiary/aromatic N) is 1. The molecule has 4 heteroatoms. The minimum Gasteiger partial charge on any atom is -0.378 e. The highest BCUT2D eigenvalue weighted by atomic mass is 16.5. The number of carbonyl (C=O) groups excluding carboxylic acids is 1. The van der Waals surface area contributed by atoms with Crippen molar-refractivity contribution in [3.8, 4) is 0 Å². The molecule has 1 fully saturated rings.